The molecule has 156 valence electrons. The lowest BCUT2D eigenvalue weighted by atomic mass is 10.2. The normalized spacial score (nSPS) is 33.4. The van der Waals surface area contributed by atoms with Crippen LogP contribution in [0.3, 0.4) is 0 Å². The number of carbonyl (C=O) groups is 1. The van der Waals surface area contributed by atoms with E-state index in [1.807, 2.05) is 25.1 Å². The first-order valence-corrected chi connectivity index (χ1v) is 13.1. The number of amides is 2. The zero-order valence-electron chi connectivity index (χ0n) is 16.3. The first-order valence-electron chi connectivity index (χ1n) is 8.54. The van der Waals surface area contributed by atoms with Crippen LogP contribution in [-0.4, -0.2) is 102 Å². The number of urea groups is 1. The van der Waals surface area contributed by atoms with Gasteiger partial charge in [0.05, 0.1) is 12.7 Å². The zero-order chi connectivity index (χ0) is 20.6. The summed E-state index contributed by atoms with van der Waals surface area (Å²) in [5, 5.41) is 10.2. The van der Waals surface area contributed by atoms with Gasteiger partial charge in [0, 0.05) is 33.0 Å². The van der Waals surface area contributed by atoms with Crippen LogP contribution in [0.4, 0.5) is 4.79 Å². The van der Waals surface area contributed by atoms with Crippen molar-refractivity contribution in [2.45, 2.75) is 31.0 Å². The number of ether oxygens (including phenoxy) is 1. The Morgan fingerprint density at radius 2 is 2.00 bits per heavy atom. The average molecular weight is 425 g/mol. The highest BCUT2D eigenvalue weighted by Crippen LogP contribution is 2.56. The van der Waals surface area contributed by atoms with Gasteiger partial charge in [0.1, 0.15) is 24.4 Å². The van der Waals surface area contributed by atoms with E-state index in [0.717, 1.165) is 6.66 Å². The zero-order valence-corrected chi connectivity index (χ0v) is 18.0. The van der Waals surface area contributed by atoms with E-state index in [4.69, 9.17) is 9.26 Å². The highest BCUT2D eigenvalue weighted by molar-refractivity contribution is 7.74. The summed E-state index contributed by atoms with van der Waals surface area (Å²) in [5.41, 5.74) is 0. The fourth-order valence-electron chi connectivity index (χ4n) is 3.18. The molecule has 4 unspecified atom stereocenters. The van der Waals surface area contributed by atoms with Crippen LogP contribution in [0, 0.1) is 0 Å². The maximum atomic E-state index is 12.6. The Morgan fingerprint density at radius 1 is 1.37 bits per heavy atom. The molecular formula is C15H29N3O7P2. The van der Waals surface area contributed by atoms with Gasteiger partial charge >= 0.3 is 6.03 Å². The number of aliphatic hydroxyl groups is 1. The van der Waals surface area contributed by atoms with Crippen LogP contribution >= 0.6 is 14.7 Å². The molecule has 10 nitrogen and oxygen atoms in total. The molecule has 1 fully saturated rings. The lowest BCUT2D eigenvalue weighted by Crippen LogP contribution is -2.54. The van der Waals surface area contributed by atoms with Crippen molar-refractivity contribution in [3.05, 3.63) is 12.3 Å². The molecule has 0 radical (unpaired) electrons. The third-order valence-corrected chi connectivity index (χ3v) is 9.26. The van der Waals surface area contributed by atoms with Gasteiger partial charge in [-0.15, -0.1) is 0 Å². The van der Waals surface area contributed by atoms with Crippen molar-refractivity contribution in [1.82, 2.24) is 14.7 Å². The van der Waals surface area contributed by atoms with Gasteiger partial charge in [0.2, 0.25) is 14.7 Å². The fraction of sp³-hybridized carbons (Fsp3) is 0.800. The summed E-state index contributed by atoms with van der Waals surface area (Å²) < 4.78 is 34.8. The monoisotopic (exact) mass is 425 g/mol. The van der Waals surface area contributed by atoms with Crippen molar-refractivity contribution < 1.29 is 33.2 Å². The summed E-state index contributed by atoms with van der Waals surface area (Å²) in [4.78, 5) is 26.8. The molecule has 12 heteroatoms. The quantitative estimate of drug-likeness (QED) is 0.580. The predicted octanol–water partition coefficient (Wildman–Crippen LogP) is 1.01. The molecule has 27 heavy (non-hydrogen) atoms. The van der Waals surface area contributed by atoms with Gasteiger partial charge in [-0.3, -0.25) is 18.9 Å². The Hall–Kier alpha value is -0.730. The molecule has 0 saturated carbocycles. The maximum absolute atomic E-state index is 12.6. The number of likely N-dealkylation sites (N-methyl/N-ethyl adjacent to an activating group) is 2. The third-order valence-electron chi connectivity index (χ3n) is 4.41. The van der Waals surface area contributed by atoms with E-state index in [1.54, 1.807) is 18.1 Å². The van der Waals surface area contributed by atoms with Crippen molar-refractivity contribution in [3.63, 3.8) is 0 Å². The SMILES string of the molecule is CN(C)C1C=CN([C@H]2CC(O)[C@@H](COP(C)(=O)CP(C)(=O)O)O2)C(=O)N1C. The van der Waals surface area contributed by atoms with E-state index < -0.39 is 39.1 Å². The van der Waals surface area contributed by atoms with Crippen molar-refractivity contribution in [1.29, 1.82) is 0 Å². The Morgan fingerprint density at radius 3 is 2.56 bits per heavy atom. The van der Waals surface area contributed by atoms with Crippen LogP contribution in [0.2, 0.25) is 0 Å². The number of rotatable bonds is 7. The van der Waals surface area contributed by atoms with Gasteiger partial charge in [0.25, 0.3) is 0 Å². The Labute approximate surface area is 159 Å². The number of nitrogens with zero attached hydrogens (tertiary/aromatic N) is 3. The van der Waals surface area contributed by atoms with Crippen LogP contribution in [0.25, 0.3) is 0 Å². The number of carbonyl (C=O) groups excluding carboxylic acids is 1. The topological polar surface area (TPSA) is 120 Å². The Balaban J connectivity index is 1.98. The predicted molar refractivity (Wildman–Crippen MR) is 101 cm³/mol. The number of hydrogen-bond donors (Lipinski definition) is 2. The number of aliphatic hydroxyl groups excluding tert-OH is 1. The molecule has 0 aromatic carbocycles. The fourth-order valence-corrected chi connectivity index (χ4v) is 7.78. The molecule has 0 aromatic heterocycles. The van der Waals surface area contributed by atoms with Crippen LogP contribution in [0.15, 0.2) is 12.3 Å². The van der Waals surface area contributed by atoms with Crippen LogP contribution in [0.1, 0.15) is 6.42 Å². The summed E-state index contributed by atoms with van der Waals surface area (Å²) >= 11 is 0. The van der Waals surface area contributed by atoms with Crippen molar-refractivity contribution >= 4 is 20.8 Å². The molecule has 0 aliphatic carbocycles. The second-order valence-corrected chi connectivity index (χ2v) is 13.0. The van der Waals surface area contributed by atoms with E-state index in [0.29, 0.717) is 0 Å². The van der Waals surface area contributed by atoms with Gasteiger partial charge in [0.15, 0.2) is 0 Å². The lowest BCUT2D eigenvalue weighted by molar-refractivity contribution is -0.0550. The van der Waals surface area contributed by atoms with E-state index in [-0.39, 0.29) is 25.2 Å². The Kier molecular flexibility index (Phi) is 6.96. The molecule has 0 bridgehead atoms. The molecule has 2 rings (SSSR count). The smallest absolute Gasteiger partial charge is 0.327 e. The van der Waals surface area contributed by atoms with Crippen LogP contribution < -0.4 is 0 Å². The van der Waals surface area contributed by atoms with Gasteiger partial charge < -0.3 is 24.2 Å². The minimum Gasteiger partial charge on any atom is -0.390 e. The second-order valence-electron chi connectivity index (χ2n) is 7.45. The average Bonchev–Trinajstić information content (AvgIpc) is 2.86. The molecular weight excluding hydrogens is 396 g/mol. The summed E-state index contributed by atoms with van der Waals surface area (Å²) in [6.45, 7) is 2.22. The van der Waals surface area contributed by atoms with Crippen molar-refractivity contribution in [3.8, 4) is 0 Å². The van der Waals surface area contributed by atoms with Gasteiger partial charge in [-0.25, -0.2) is 4.79 Å². The summed E-state index contributed by atoms with van der Waals surface area (Å²) in [5.74, 6) is -0.434. The summed E-state index contributed by atoms with van der Waals surface area (Å²) in [7, 11) is -1.38. The Bertz CT molecular complexity index is 680. The molecule has 0 aromatic rings. The first-order chi connectivity index (χ1) is 12.3. The molecule has 2 heterocycles. The van der Waals surface area contributed by atoms with E-state index >= 15 is 0 Å². The largest absolute Gasteiger partial charge is 0.390 e. The molecule has 2 aliphatic rings. The van der Waals surface area contributed by atoms with E-state index in [9.17, 15) is 23.9 Å². The van der Waals surface area contributed by atoms with Gasteiger partial charge in [-0.1, -0.05) is 0 Å². The van der Waals surface area contributed by atoms with Gasteiger partial charge in [-0.2, -0.15) is 0 Å². The minimum atomic E-state index is -3.49. The molecule has 6 atom stereocenters. The molecule has 2 N–H and O–H groups in total. The highest BCUT2D eigenvalue weighted by Gasteiger charge is 2.42. The maximum Gasteiger partial charge on any atom is 0.327 e. The van der Waals surface area contributed by atoms with Crippen LogP contribution in [-0.2, 0) is 18.4 Å². The lowest BCUT2D eigenvalue weighted by Gasteiger charge is -2.39. The van der Waals surface area contributed by atoms with Gasteiger partial charge in [-0.05, 0) is 20.2 Å². The molecule has 1 saturated heterocycles. The van der Waals surface area contributed by atoms with Crippen molar-refractivity contribution in [2.75, 3.05) is 47.0 Å². The molecule has 2 amide bonds. The standard InChI is InChI=1S/C15H29N3O7P2/c1-16(2)13-6-7-18(15(20)17(13)3)14-8-11(19)12(25-14)9-24-27(5,23)10-26(4,21)22/h6-7,11-14,19H,8-10H2,1-5H3,(H,21,22)/t11?,12-,13?,14-,27?/m1/s1. The molecule has 0 spiro atoms. The summed E-state index contributed by atoms with van der Waals surface area (Å²) in [6.07, 6.45) is 1.14. The number of hydrogen-bond acceptors (Lipinski definition) is 7. The second kappa shape index (κ2) is 8.33. The van der Waals surface area contributed by atoms with Crippen LogP contribution in [0.5, 0.6) is 0 Å². The van der Waals surface area contributed by atoms with Crippen molar-refractivity contribution in [2.24, 2.45) is 0 Å². The first kappa shape index (κ1) is 22.6. The minimum absolute atomic E-state index is 0.173. The van der Waals surface area contributed by atoms with E-state index in [2.05, 4.69) is 0 Å². The van der Waals surface area contributed by atoms with E-state index in [1.165, 1.54) is 11.6 Å². The molecule has 2 aliphatic heterocycles. The highest BCUT2D eigenvalue weighted by atomic mass is 31.2. The summed E-state index contributed by atoms with van der Waals surface area (Å²) in [6, 6.07) is -0.261. The third kappa shape index (κ3) is 5.87.